The van der Waals surface area contributed by atoms with Gasteiger partial charge >= 0.3 is 0 Å². The van der Waals surface area contributed by atoms with E-state index >= 15 is 0 Å². The SMILES string of the molecule is c1cc(-c2ccc(N(c3ccc(-c4cccc5ccccc45)cc3)c3ccccc3-c3cccc4c3ccc3c5ccccc5oc43)cc2)cc(-c2cccc3ccccc23)c1. The maximum absolute atomic E-state index is 6.54. The maximum atomic E-state index is 6.54. The van der Waals surface area contributed by atoms with E-state index in [0.717, 1.165) is 60.9 Å². The summed E-state index contributed by atoms with van der Waals surface area (Å²) in [6, 6.07) is 85.5. The van der Waals surface area contributed by atoms with Crippen LogP contribution in [0.5, 0.6) is 0 Å². The van der Waals surface area contributed by atoms with Gasteiger partial charge in [0.05, 0.1) is 5.69 Å². The molecule has 0 aliphatic rings. The van der Waals surface area contributed by atoms with Crippen LogP contribution in [0.4, 0.5) is 17.1 Å². The second-order valence-corrected chi connectivity index (χ2v) is 16.0. The average molecular weight is 790 g/mol. The molecule has 0 saturated carbocycles. The van der Waals surface area contributed by atoms with Crippen molar-refractivity contribution in [3.63, 3.8) is 0 Å². The molecule has 0 unspecified atom stereocenters. The number of anilines is 3. The highest BCUT2D eigenvalue weighted by Gasteiger charge is 2.20. The Labute approximate surface area is 360 Å². The van der Waals surface area contributed by atoms with E-state index in [0.29, 0.717) is 0 Å². The molecule has 0 N–H and O–H groups in total. The Hall–Kier alpha value is -8.20. The van der Waals surface area contributed by atoms with Crippen LogP contribution in [0.25, 0.3) is 98.8 Å². The molecular formula is C60H39NO. The standard InChI is InChI=1S/C60H39NO/c1-3-19-48-41(13-1)15-10-23-50(48)43-31-35-47(36-32-43)61(46-33-29-40(30-34-46)44-17-9-18-45(39-44)51-24-11-16-42-14-2-4-20-49(42)51)58-27-7-5-21-54(58)52-25-12-26-56-53(52)37-38-57-55-22-6-8-28-59(55)62-60(56)57/h1-39H. The predicted octanol–water partition coefficient (Wildman–Crippen LogP) is 17.2. The highest BCUT2D eigenvalue weighted by atomic mass is 16.3. The zero-order chi connectivity index (χ0) is 41.0. The molecular weight excluding hydrogens is 751 g/mol. The number of hydrogen-bond donors (Lipinski definition) is 0. The van der Waals surface area contributed by atoms with E-state index in [2.05, 4.69) is 235 Å². The second kappa shape index (κ2) is 14.8. The molecule has 0 bridgehead atoms. The molecule has 2 nitrogen and oxygen atoms in total. The van der Waals surface area contributed by atoms with Gasteiger partial charge in [-0.1, -0.05) is 188 Å². The lowest BCUT2D eigenvalue weighted by molar-refractivity contribution is 0.672. The third-order valence-electron chi connectivity index (χ3n) is 12.5. The van der Waals surface area contributed by atoms with E-state index in [-0.39, 0.29) is 0 Å². The number of rotatable bonds is 7. The largest absolute Gasteiger partial charge is 0.455 e. The molecule has 0 aliphatic carbocycles. The predicted molar refractivity (Wildman–Crippen MR) is 263 cm³/mol. The number of fused-ring (bicyclic) bond motifs is 7. The molecule has 1 aromatic heterocycles. The van der Waals surface area contributed by atoms with Gasteiger partial charge in [0.1, 0.15) is 11.2 Å². The van der Waals surface area contributed by atoms with Crippen molar-refractivity contribution in [2.24, 2.45) is 0 Å². The van der Waals surface area contributed by atoms with Gasteiger partial charge in [0.15, 0.2) is 0 Å². The van der Waals surface area contributed by atoms with E-state index < -0.39 is 0 Å². The highest BCUT2D eigenvalue weighted by Crippen LogP contribution is 2.45. The highest BCUT2D eigenvalue weighted by molar-refractivity contribution is 6.18. The van der Waals surface area contributed by atoms with Gasteiger partial charge in [-0.2, -0.15) is 0 Å². The summed E-state index contributed by atoms with van der Waals surface area (Å²) in [5.74, 6) is 0. The quantitative estimate of drug-likeness (QED) is 0.160. The van der Waals surface area contributed by atoms with E-state index in [1.807, 2.05) is 6.07 Å². The first-order valence-electron chi connectivity index (χ1n) is 21.2. The van der Waals surface area contributed by atoms with Crippen LogP contribution in [-0.2, 0) is 0 Å². The minimum Gasteiger partial charge on any atom is -0.455 e. The van der Waals surface area contributed by atoms with Crippen molar-refractivity contribution >= 4 is 71.3 Å². The van der Waals surface area contributed by atoms with Crippen LogP contribution in [0.2, 0.25) is 0 Å². The summed E-state index contributed by atoms with van der Waals surface area (Å²) < 4.78 is 6.54. The smallest absolute Gasteiger partial charge is 0.143 e. The van der Waals surface area contributed by atoms with Crippen LogP contribution in [0.1, 0.15) is 0 Å². The normalized spacial score (nSPS) is 11.5. The van der Waals surface area contributed by atoms with E-state index in [9.17, 15) is 0 Å². The number of nitrogens with zero attached hydrogens (tertiary/aromatic N) is 1. The van der Waals surface area contributed by atoms with Crippen LogP contribution in [0.3, 0.4) is 0 Å². The van der Waals surface area contributed by atoms with Crippen molar-refractivity contribution in [2.75, 3.05) is 4.90 Å². The van der Waals surface area contributed by atoms with E-state index in [4.69, 9.17) is 4.42 Å². The van der Waals surface area contributed by atoms with E-state index in [1.54, 1.807) is 0 Å². The van der Waals surface area contributed by atoms with Crippen molar-refractivity contribution in [3.8, 4) is 44.5 Å². The summed E-state index contributed by atoms with van der Waals surface area (Å²) in [5, 5.41) is 9.52. The number of benzene rings is 11. The van der Waals surface area contributed by atoms with Crippen molar-refractivity contribution < 1.29 is 4.42 Å². The third kappa shape index (κ3) is 6.04. The van der Waals surface area contributed by atoms with Crippen LogP contribution in [-0.4, -0.2) is 0 Å². The molecule has 11 aromatic carbocycles. The molecule has 290 valence electrons. The lowest BCUT2D eigenvalue weighted by Crippen LogP contribution is -2.11. The lowest BCUT2D eigenvalue weighted by Gasteiger charge is -2.28. The Morgan fingerprint density at radius 1 is 0.274 bits per heavy atom. The first kappa shape index (κ1) is 35.7. The molecule has 0 spiro atoms. The van der Waals surface area contributed by atoms with Crippen LogP contribution < -0.4 is 4.90 Å². The molecule has 0 radical (unpaired) electrons. The first-order valence-corrected chi connectivity index (χ1v) is 21.2. The molecule has 0 amide bonds. The molecule has 2 heteroatoms. The fourth-order valence-corrected chi connectivity index (χ4v) is 9.51. The summed E-state index contributed by atoms with van der Waals surface area (Å²) >= 11 is 0. The molecule has 12 aromatic rings. The van der Waals surface area contributed by atoms with Crippen molar-refractivity contribution in [1.82, 2.24) is 0 Å². The van der Waals surface area contributed by atoms with Gasteiger partial charge in [0.2, 0.25) is 0 Å². The fraction of sp³-hybridized carbons (Fsp3) is 0. The molecule has 0 fully saturated rings. The van der Waals surface area contributed by atoms with Gasteiger partial charge in [-0.05, 0) is 114 Å². The molecule has 62 heavy (non-hydrogen) atoms. The molecule has 12 rings (SSSR count). The van der Waals surface area contributed by atoms with Gasteiger partial charge in [0.25, 0.3) is 0 Å². The zero-order valence-corrected chi connectivity index (χ0v) is 33.9. The fourth-order valence-electron chi connectivity index (χ4n) is 9.51. The van der Waals surface area contributed by atoms with E-state index in [1.165, 1.54) is 54.9 Å². The van der Waals surface area contributed by atoms with Crippen molar-refractivity contribution in [3.05, 3.63) is 237 Å². The number of hydrogen-bond acceptors (Lipinski definition) is 2. The maximum Gasteiger partial charge on any atom is 0.143 e. The first-order chi connectivity index (χ1) is 30.7. The van der Waals surface area contributed by atoms with Crippen LogP contribution in [0.15, 0.2) is 241 Å². The van der Waals surface area contributed by atoms with Crippen molar-refractivity contribution in [2.45, 2.75) is 0 Å². The molecule has 1 heterocycles. The topological polar surface area (TPSA) is 16.4 Å². The summed E-state index contributed by atoms with van der Waals surface area (Å²) in [6.07, 6.45) is 0. The summed E-state index contributed by atoms with van der Waals surface area (Å²) in [6.45, 7) is 0. The van der Waals surface area contributed by atoms with Crippen LogP contribution >= 0.6 is 0 Å². The minimum atomic E-state index is 0.905. The zero-order valence-electron chi connectivity index (χ0n) is 33.9. The van der Waals surface area contributed by atoms with Gasteiger partial charge < -0.3 is 9.32 Å². The number of furan rings is 1. The lowest BCUT2D eigenvalue weighted by atomic mass is 9.94. The Balaban J connectivity index is 0.993. The third-order valence-corrected chi connectivity index (χ3v) is 12.5. The summed E-state index contributed by atoms with van der Waals surface area (Å²) in [7, 11) is 0. The summed E-state index contributed by atoms with van der Waals surface area (Å²) in [4.78, 5) is 2.40. The van der Waals surface area contributed by atoms with Gasteiger partial charge in [-0.15, -0.1) is 0 Å². The number of para-hydroxylation sites is 2. The van der Waals surface area contributed by atoms with Crippen molar-refractivity contribution in [1.29, 1.82) is 0 Å². The molecule has 0 saturated heterocycles. The molecule has 0 atom stereocenters. The van der Waals surface area contributed by atoms with Gasteiger partial charge in [-0.25, -0.2) is 0 Å². The second-order valence-electron chi connectivity index (χ2n) is 16.0. The van der Waals surface area contributed by atoms with Gasteiger partial charge in [-0.3, -0.25) is 0 Å². The average Bonchev–Trinajstić information content (AvgIpc) is 3.74. The van der Waals surface area contributed by atoms with Gasteiger partial charge in [0, 0.05) is 33.1 Å². The monoisotopic (exact) mass is 789 g/mol. The Morgan fingerprint density at radius 2 is 0.758 bits per heavy atom. The Kier molecular flexibility index (Phi) is 8.53. The Morgan fingerprint density at radius 3 is 1.50 bits per heavy atom. The Bertz CT molecular complexity index is 3620. The molecule has 0 aliphatic heterocycles. The van der Waals surface area contributed by atoms with Crippen LogP contribution in [0, 0.1) is 0 Å². The summed E-state index contributed by atoms with van der Waals surface area (Å²) in [5.41, 5.74) is 14.6. The minimum absolute atomic E-state index is 0.905.